The number of aliphatic hydroxyl groups excluding tert-OH is 1. The highest BCUT2D eigenvalue weighted by atomic mass is 31.2. The Morgan fingerprint density at radius 1 is 0.529 bits per heavy atom. The van der Waals surface area contributed by atoms with Crippen LogP contribution in [0.25, 0.3) is 0 Å². The molecule has 0 saturated heterocycles. The molecular weight excluding hydrogens is 864 g/mol. The fraction of sp³-hybridized carbons (Fsp3) is 0.712. The van der Waals surface area contributed by atoms with Crippen LogP contribution in [0, 0.1) is 0 Å². The fourth-order valence-electron chi connectivity index (χ4n) is 7.49. The van der Waals surface area contributed by atoms with Crippen LogP contribution in [0.1, 0.15) is 219 Å². The molecule has 0 radical (unpaired) electrons. The lowest BCUT2D eigenvalue weighted by atomic mass is 10.0. The van der Waals surface area contributed by atoms with Crippen molar-refractivity contribution in [2.45, 2.75) is 231 Å². The second-order valence-corrected chi connectivity index (χ2v) is 21.0. The molecule has 0 bridgehead atoms. The van der Waals surface area contributed by atoms with Gasteiger partial charge in [0.15, 0.2) is 0 Å². The van der Waals surface area contributed by atoms with Crippen LogP contribution in [-0.4, -0.2) is 68.5 Å². The number of carbonyl (C=O) groups is 1. The fourth-order valence-corrected chi connectivity index (χ4v) is 8.21. The van der Waals surface area contributed by atoms with Crippen LogP contribution >= 0.6 is 7.82 Å². The van der Waals surface area contributed by atoms with Gasteiger partial charge in [0.25, 0.3) is 7.82 Å². The monoisotopic (exact) mass is 969 g/mol. The maximum absolute atomic E-state index is 12.9. The molecule has 0 aliphatic heterocycles. The molecule has 0 heterocycles. The zero-order valence-corrected chi connectivity index (χ0v) is 45.4. The van der Waals surface area contributed by atoms with Crippen molar-refractivity contribution >= 4 is 13.7 Å². The van der Waals surface area contributed by atoms with Crippen LogP contribution in [0.4, 0.5) is 0 Å². The van der Waals surface area contributed by atoms with Crippen molar-refractivity contribution in [3.63, 3.8) is 0 Å². The van der Waals surface area contributed by atoms with E-state index in [2.05, 4.69) is 104 Å². The summed E-state index contributed by atoms with van der Waals surface area (Å²) in [4.78, 5) is 25.5. The maximum atomic E-state index is 12.9. The molecule has 0 rings (SSSR count). The molecule has 3 atom stereocenters. The lowest BCUT2D eigenvalue weighted by molar-refractivity contribution is -0.870. The van der Waals surface area contributed by atoms with Crippen molar-refractivity contribution < 1.29 is 32.9 Å². The normalized spacial score (nSPS) is 14.8. The number of phosphoric ester groups is 1. The van der Waals surface area contributed by atoms with Gasteiger partial charge in [-0.1, -0.05) is 233 Å². The van der Waals surface area contributed by atoms with Gasteiger partial charge in [-0.15, -0.1) is 0 Å². The van der Waals surface area contributed by atoms with Crippen LogP contribution < -0.4 is 10.2 Å². The zero-order valence-electron chi connectivity index (χ0n) is 44.5. The third-order valence-corrected chi connectivity index (χ3v) is 12.8. The van der Waals surface area contributed by atoms with E-state index in [0.29, 0.717) is 23.9 Å². The molecule has 0 aliphatic rings. The van der Waals surface area contributed by atoms with E-state index in [1.807, 2.05) is 27.2 Å². The topological polar surface area (TPSA) is 108 Å². The molecule has 392 valence electrons. The molecule has 8 nitrogen and oxygen atoms in total. The second kappa shape index (κ2) is 49.4. The Labute approximate surface area is 419 Å². The first-order chi connectivity index (χ1) is 33.0. The summed E-state index contributed by atoms with van der Waals surface area (Å²) in [6.07, 6.45) is 70.4. The zero-order chi connectivity index (χ0) is 49.9. The van der Waals surface area contributed by atoms with Crippen LogP contribution in [0.15, 0.2) is 97.2 Å². The summed E-state index contributed by atoms with van der Waals surface area (Å²) in [5.74, 6) is -0.232. The van der Waals surface area contributed by atoms with Gasteiger partial charge in [0.05, 0.1) is 39.9 Å². The van der Waals surface area contributed by atoms with Crippen molar-refractivity contribution in [2.24, 2.45) is 0 Å². The molecule has 3 unspecified atom stereocenters. The van der Waals surface area contributed by atoms with E-state index < -0.39 is 26.6 Å². The SMILES string of the molecule is CC/C=C\C/C=C\C/C=C\C/C=C\C/C=C\C/C=C\C/C=C\CCCCCC(=O)NC(COP(=O)([O-])OCC[N+](C)(C)C)C(O)/C=C/CCCCCCCCCCCCCCCCCCCCC. The van der Waals surface area contributed by atoms with Crippen LogP contribution in [0.3, 0.4) is 0 Å². The molecule has 0 fully saturated rings. The molecule has 0 aliphatic carbocycles. The van der Waals surface area contributed by atoms with Gasteiger partial charge in [0.1, 0.15) is 13.2 Å². The standard InChI is InChI=1S/C59H105N2O6P/c1-6-8-10-12-14-16-18-20-22-24-26-28-29-30-31-33-35-37-39-41-43-45-47-49-51-53-59(63)60-57(56-67-68(64,65)66-55-54-61(3,4)5)58(62)52-50-48-46-44-42-40-38-36-34-32-27-25-23-21-19-17-15-13-11-9-7-2/h8,10,14,16,20,22,26,28,30-31,35,37,41,43,50,52,57-58,62H,6-7,9,11-13,15,17-19,21,23-25,27,29,32-34,36,38-40,42,44-49,51,53-56H2,1-5H3,(H-,60,63,64,65)/b10-8-,16-14-,22-20-,28-26-,31-30-,37-35-,43-41-,52-50+. The number of nitrogens with zero attached hydrogens (tertiary/aromatic N) is 1. The second-order valence-electron chi connectivity index (χ2n) is 19.6. The molecule has 0 aromatic heterocycles. The summed E-state index contributed by atoms with van der Waals surface area (Å²) in [7, 11) is 1.22. The van der Waals surface area contributed by atoms with E-state index >= 15 is 0 Å². The number of hydrogen-bond donors (Lipinski definition) is 2. The van der Waals surface area contributed by atoms with Gasteiger partial charge in [-0.25, -0.2) is 0 Å². The van der Waals surface area contributed by atoms with E-state index in [0.717, 1.165) is 83.5 Å². The number of allylic oxidation sites excluding steroid dienone is 15. The lowest BCUT2D eigenvalue weighted by Crippen LogP contribution is -2.45. The van der Waals surface area contributed by atoms with Crippen LogP contribution in [0.5, 0.6) is 0 Å². The predicted molar refractivity (Wildman–Crippen MR) is 293 cm³/mol. The number of likely N-dealkylation sites (N-methyl/N-ethyl adjacent to an activating group) is 1. The third kappa shape index (κ3) is 51.3. The van der Waals surface area contributed by atoms with E-state index in [-0.39, 0.29) is 12.5 Å². The first-order valence-corrected chi connectivity index (χ1v) is 29.1. The Kier molecular flexibility index (Phi) is 47.5. The van der Waals surface area contributed by atoms with Crippen molar-refractivity contribution in [3.8, 4) is 0 Å². The van der Waals surface area contributed by atoms with E-state index in [1.54, 1.807) is 6.08 Å². The van der Waals surface area contributed by atoms with Crippen molar-refractivity contribution in [1.29, 1.82) is 0 Å². The minimum absolute atomic E-state index is 0.0130. The summed E-state index contributed by atoms with van der Waals surface area (Å²) in [6.45, 7) is 4.51. The molecule has 1 amide bonds. The summed E-state index contributed by atoms with van der Waals surface area (Å²) >= 11 is 0. The number of phosphoric acid groups is 1. The Bertz CT molecular complexity index is 1420. The molecule has 0 saturated carbocycles. The molecular formula is C59H105N2O6P. The van der Waals surface area contributed by atoms with Gasteiger partial charge in [-0.05, 0) is 77.0 Å². The number of carbonyl (C=O) groups excluding carboxylic acids is 1. The van der Waals surface area contributed by atoms with Gasteiger partial charge in [-0.2, -0.15) is 0 Å². The average molecular weight is 969 g/mol. The number of aliphatic hydroxyl groups is 1. The Morgan fingerprint density at radius 3 is 1.31 bits per heavy atom. The first kappa shape index (κ1) is 65.4. The molecule has 9 heteroatoms. The van der Waals surface area contributed by atoms with Crippen molar-refractivity contribution in [2.75, 3.05) is 40.9 Å². The number of hydrogen-bond acceptors (Lipinski definition) is 6. The quantitative estimate of drug-likeness (QED) is 0.0272. The third-order valence-electron chi connectivity index (χ3n) is 11.8. The van der Waals surface area contributed by atoms with Gasteiger partial charge < -0.3 is 28.8 Å². The number of nitrogens with one attached hydrogen (secondary N) is 1. The average Bonchev–Trinajstić information content (AvgIpc) is 3.30. The summed E-state index contributed by atoms with van der Waals surface area (Å²) in [6, 6.07) is -0.912. The lowest BCUT2D eigenvalue weighted by Gasteiger charge is -2.29. The van der Waals surface area contributed by atoms with Gasteiger partial charge >= 0.3 is 0 Å². The highest BCUT2D eigenvalue weighted by Crippen LogP contribution is 2.38. The smallest absolute Gasteiger partial charge is 0.268 e. The largest absolute Gasteiger partial charge is 0.756 e. The van der Waals surface area contributed by atoms with Crippen LogP contribution in [0.2, 0.25) is 0 Å². The van der Waals surface area contributed by atoms with E-state index in [9.17, 15) is 19.4 Å². The Morgan fingerprint density at radius 2 is 0.897 bits per heavy atom. The van der Waals surface area contributed by atoms with E-state index in [1.165, 1.54) is 109 Å². The number of amides is 1. The first-order valence-electron chi connectivity index (χ1n) is 27.6. The number of quaternary nitrogens is 1. The molecule has 2 N–H and O–H groups in total. The van der Waals surface area contributed by atoms with E-state index in [4.69, 9.17) is 9.05 Å². The number of unbranched alkanes of at least 4 members (excludes halogenated alkanes) is 22. The minimum Gasteiger partial charge on any atom is -0.756 e. The van der Waals surface area contributed by atoms with Crippen LogP contribution in [-0.2, 0) is 18.4 Å². The highest BCUT2D eigenvalue weighted by molar-refractivity contribution is 7.45. The maximum Gasteiger partial charge on any atom is 0.268 e. The molecule has 0 spiro atoms. The Hall–Kier alpha value is -2.58. The minimum atomic E-state index is -4.61. The summed E-state index contributed by atoms with van der Waals surface area (Å²) < 4.78 is 23.3. The van der Waals surface area contributed by atoms with Gasteiger partial charge in [-0.3, -0.25) is 9.36 Å². The Balaban J connectivity index is 4.37. The van der Waals surface area contributed by atoms with Gasteiger partial charge in [0, 0.05) is 6.42 Å². The molecule has 68 heavy (non-hydrogen) atoms. The molecule has 0 aromatic carbocycles. The number of rotatable bonds is 49. The summed E-state index contributed by atoms with van der Waals surface area (Å²) in [5.41, 5.74) is 0. The highest BCUT2D eigenvalue weighted by Gasteiger charge is 2.23. The molecule has 0 aromatic rings. The van der Waals surface area contributed by atoms with Crippen molar-refractivity contribution in [3.05, 3.63) is 97.2 Å². The van der Waals surface area contributed by atoms with Gasteiger partial charge in [0.2, 0.25) is 5.91 Å². The summed E-state index contributed by atoms with van der Waals surface area (Å²) in [5, 5.41) is 13.9. The van der Waals surface area contributed by atoms with Crippen molar-refractivity contribution in [1.82, 2.24) is 5.32 Å². The predicted octanol–water partition coefficient (Wildman–Crippen LogP) is 16.0.